The van der Waals surface area contributed by atoms with E-state index < -0.39 is 0 Å². The Labute approximate surface area is 165 Å². The van der Waals surface area contributed by atoms with Gasteiger partial charge in [-0.3, -0.25) is 0 Å². The van der Waals surface area contributed by atoms with Gasteiger partial charge in [0, 0.05) is 15.4 Å². The van der Waals surface area contributed by atoms with Crippen molar-refractivity contribution in [3.05, 3.63) is 72.3 Å². The zero-order valence-corrected chi connectivity index (χ0v) is 16.5. The lowest BCUT2D eigenvalue weighted by Crippen LogP contribution is -3.27. The minimum atomic E-state index is 0.301. The summed E-state index contributed by atoms with van der Waals surface area (Å²) in [6.07, 6.45) is 0. The summed E-state index contributed by atoms with van der Waals surface area (Å²) in [5.74, 6) is 0. The van der Waals surface area contributed by atoms with E-state index in [0.717, 1.165) is 26.2 Å². The molecule has 1 fully saturated rings. The first-order valence-corrected chi connectivity index (χ1v) is 10.7. The van der Waals surface area contributed by atoms with Crippen molar-refractivity contribution in [2.24, 2.45) is 0 Å². The number of fused-ring (bicyclic) bond motifs is 1. The largest absolute Gasteiger partial charge is 0.391 e. The van der Waals surface area contributed by atoms with E-state index >= 15 is 0 Å². The summed E-state index contributed by atoms with van der Waals surface area (Å²) in [6, 6.07) is 24.0. The number of nitrogens with one attached hydrogen (secondary N) is 2. The zero-order chi connectivity index (χ0) is 18.5. The topological polar surface area (TPSA) is 29.1 Å². The number of rotatable bonds is 6. The lowest BCUT2D eigenvalue weighted by molar-refractivity contribution is -1.02. The molecule has 1 aliphatic rings. The Morgan fingerprint density at radius 2 is 1.41 bits per heavy atom. The van der Waals surface area contributed by atoms with Gasteiger partial charge in [-0.2, -0.15) is 0 Å². The molecule has 4 heteroatoms. The molecule has 1 saturated heterocycles. The second-order valence-electron chi connectivity index (χ2n) is 7.34. The van der Waals surface area contributed by atoms with Gasteiger partial charge in [0.15, 0.2) is 0 Å². The second-order valence-corrected chi connectivity index (χ2v) is 8.42. The van der Waals surface area contributed by atoms with Gasteiger partial charge in [-0.25, -0.2) is 0 Å². The molecule has 0 aromatic heterocycles. The molecule has 0 bridgehead atoms. The molecule has 140 valence electrons. The third kappa shape index (κ3) is 4.53. The van der Waals surface area contributed by atoms with Crippen LogP contribution in [0.5, 0.6) is 0 Å². The number of aliphatic hydroxyl groups is 1. The number of hydrogen-bond acceptors (Lipinski definition) is 2. The van der Waals surface area contributed by atoms with E-state index in [1.54, 1.807) is 9.80 Å². The monoisotopic (exact) mass is 380 g/mol. The van der Waals surface area contributed by atoms with Crippen LogP contribution in [0.15, 0.2) is 76.5 Å². The Morgan fingerprint density at radius 3 is 2.26 bits per heavy atom. The van der Waals surface area contributed by atoms with Crippen molar-refractivity contribution in [1.82, 2.24) is 0 Å². The molecule has 4 rings (SSSR count). The molecule has 3 nitrogen and oxygen atoms in total. The maximum Gasteiger partial charge on any atom is 0.127 e. The van der Waals surface area contributed by atoms with Crippen LogP contribution < -0.4 is 9.80 Å². The average Bonchev–Trinajstić information content (AvgIpc) is 2.71. The van der Waals surface area contributed by atoms with E-state index in [0.29, 0.717) is 6.61 Å². The number of hydrogen-bond donors (Lipinski definition) is 3. The summed E-state index contributed by atoms with van der Waals surface area (Å²) in [7, 11) is 0. The van der Waals surface area contributed by atoms with Crippen LogP contribution in [0.25, 0.3) is 10.8 Å². The SMILES string of the molecule is OCC[NH+]1CC[NH+](Cc2ccccc2Sc2cccc3ccccc23)CC1. The van der Waals surface area contributed by atoms with Crippen molar-refractivity contribution < 1.29 is 14.9 Å². The lowest BCUT2D eigenvalue weighted by atomic mass is 10.1. The minimum Gasteiger partial charge on any atom is -0.391 e. The standard InChI is InChI=1S/C23H26N2OS/c26-17-16-24-12-14-25(15-13-24)18-20-7-2-4-10-22(20)27-23-11-5-8-19-6-1-3-9-21(19)23/h1-11,26H,12-18H2/p+2. The summed E-state index contributed by atoms with van der Waals surface area (Å²) in [5.41, 5.74) is 1.44. The number of aliphatic hydroxyl groups excluding tert-OH is 1. The highest BCUT2D eigenvalue weighted by Gasteiger charge is 2.23. The molecule has 1 heterocycles. The van der Waals surface area contributed by atoms with Gasteiger partial charge < -0.3 is 14.9 Å². The van der Waals surface area contributed by atoms with Gasteiger partial charge >= 0.3 is 0 Å². The highest BCUT2D eigenvalue weighted by molar-refractivity contribution is 7.99. The van der Waals surface area contributed by atoms with Crippen molar-refractivity contribution in [3.8, 4) is 0 Å². The van der Waals surface area contributed by atoms with E-state index in [1.165, 1.54) is 39.2 Å². The van der Waals surface area contributed by atoms with E-state index in [4.69, 9.17) is 5.11 Å². The van der Waals surface area contributed by atoms with Crippen LogP contribution in [0.2, 0.25) is 0 Å². The van der Waals surface area contributed by atoms with Crippen molar-refractivity contribution in [1.29, 1.82) is 0 Å². The highest BCUT2D eigenvalue weighted by Crippen LogP contribution is 2.35. The van der Waals surface area contributed by atoms with Crippen LogP contribution in [-0.2, 0) is 6.54 Å². The number of piperazine rings is 1. The van der Waals surface area contributed by atoms with E-state index in [2.05, 4.69) is 66.7 Å². The van der Waals surface area contributed by atoms with E-state index in [-0.39, 0.29) is 0 Å². The molecule has 3 aromatic carbocycles. The van der Waals surface area contributed by atoms with Gasteiger partial charge in [-0.1, -0.05) is 66.4 Å². The van der Waals surface area contributed by atoms with Crippen LogP contribution >= 0.6 is 11.8 Å². The summed E-state index contributed by atoms with van der Waals surface area (Å²) >= 11 is 1.89. The Balaban J connectivity index is 1.50. The first-order chi connectivity index (χ1) is 13.3. The molecule has 0 unspecified atom stereocenters. The van der Waals surface area contributed by atoms with Gasteiger partial charge in [-0.15, -0.1) is 0 Å². The normalized spacial score (nSPS) is 20.0. The predicted octanol–water partition coefficient (Wildman–Crippen LogP) is 1.27. The molecule has 0 amide bonds. The Hall–Kier alpha value is -1.85. The average molecular weight is 381 g/mol. The molecule has 1 aliphatic heterocycles. The van der Waals surface area contributed by atoms with Crippen LogP contribution in [0, 0.1) is 0 Å². The zero-order valence-electron chi connectivity index (χ0n) is 15.7. The molecule has 0 aliphatic carbocycles. The van der Waals surface area contributed by atoms with E-state index in [9.17, 15) is 0 Å². The molecule has 0 radical (unpaired) electrons. The molecule has 0 saturated carbocycles. The molecule has 0 atom stereocenters. The molecular formula is C23H28N2OS+2. The summed E-state index contributed by atoms with van der Waals surface area (Å²) in [6.45, 7) is 6.96. The van der Waals surface area contributed by atoms with Crippen molar-refractivity contribution in [2.45, 2.75) is 16.3 Å². The summed E-state index contributed by atoms with van der Waals surface area (Å²) in [4.78, 5) is 5.89. The fourth-order valence-corrected chi connectivity index (χ4v) is 5.06. The maximum atomic E-state index is 9.14. The van der Waals surface area contributed by atoms with Gasteiger partial charge in [0.1, 0.15) is 39.3 Å². The number of quaternary nitrogens is 2. The minimum absolute atomic E-state index is 0.301. The lowest BCUT2D eigenvalue weighted by Gasteiger charge is -2.29. The van der Waals surface area contributed by atoms with Gasteiger partial charge in [-0.05, 0) is 22.9 Å². The second kappa shape index (κ2) is 8.89. The third-order valence-corrected chi connectivity index (χ3v) is 6.71. The predicted molar refractivity (Wildman–Crippen MR) is 112 cm³/mol. The van der Waals surface area contributed by atoms with Crippen molar-refractivity contribution >= 4 is 22.5 Å². The fraction of sp³-hybridized carbons (Fsp3) is 0.304. The molecular weight excluding hydrogens is 352 g/mol. The smallest absolute Gasteiger partial charge is 0.127 e. The van der Waals surface area contributed by atoms with Gasteiger partial charge in [0.25, 0.3) is 0 Å². The summed E-state index contributed by atoms with van der Waals surface area (Å²) < 4.78 is 0. The fourth-order valence-electron chi connectivity index (χ4n) is 3.96. The van der Waals surface area contributed by atoms with Crippen molar-refractivity contribution in [3.63, 3.8) is 0 Å². The highest BCUT2D eigenvalue weighted by atomic mass is 32.2. The maximum absolute atomic E-state index is 9.14. The number of benzene rings is 3. The Morgan fingerprint density at radius 1 is 0.741 bits per heavy atom. The van der Waals surface area contributed by atoms with E-state index in [1.807, 2.05) is 11.8 Å². The quantitative estimate of drug-likeness (QED) is 0.601. The van der Waals surface area contributed by atoms with Crippen LogP contribution in [0.1, 0.15) is 5.56 Å². The first-order valence-electron chi connectivity index (χ1n) is 9.85. The van der Waals surface area contributed by atoms with Crippen LogP contribution in [0.4, 0.5) is 0 Å². The van der Waals surface area contributed by atoms with Gasteiger partial charge in [0.05, 0.1) is 6.61 Å². The first kappa shape index (κ1) is 18.5. The van der Waals surface area contributed by atoms with Crippen LogP contribution in [-0.4, -0.2) is 44.4 Å². The molecule has 27 heavy (non-hydrogen) atoms. The van der Waals surface area contributed by atoms with Crippen molar-refractivity contribution in [2.75, 3.05) is 39.3 Å². The Bertz CT molecular complexity index is 885. The third-order valence-electron chi connectivity index (χ3n) is 5.51. The molecule has 3 N–H and O–H groups in total. The summed E-state index contributed by atoms with van der Waals surface area (Å²) in [5, 5.41) is 11.8. The molecule has 0 spiro atoms. The van der Waals surface area contributed by atoms with Gasteiger partial charge in [0.2, 0.25) is 0 Å². The molecule has 3 aromatic rings. The Kier molecular flexibility index (Phi) is 6.10. The van der Waals surface area contributed by atoms with Crippen LogP contribution in [0.3, 0.4) is 0 Å².